The van der Waals surface area contributed by atoms with Crippen LogP contribution in [0.1, 0.15) is 57.4 Å². The molecule has 2 aliphatic rings. The third kappa shape index (κ3) is 2.93. The van der Waals surface area contributed by atoms with Crippen molar-refractivity contribution in [2.45, 2.75) is 57.9 Å². The molecule has 1 aromatic carbocycles. The van der Waals surface area contributed by atoms with Crippen molar-refractivity contribution in [3.8, 4) is 0 Å². The fraction of sp³-hybridized carbons (Fsp3) is 0.684. The predicted molar refractivity (Wildman–Crippen MR) is 86.0 cm³/mol. The van der Waals surface area contributed by atoms with Gasteiger partial charge >= 0.3 is 0 Å². The second-order valence-corrected chi connectivity index (χ2v) is 7.09. The van der Waals surface area contributed by atoms with Crippen LogP contribution >= 0.6 is 0 Å². The summed E-state index contributed by atoms with van der Waals surface area (Å²) in [4.78, 5) is 2.78. The Labute approximate surface area is 124 Å². The topological polar surface area (TPSA) is 3.24 Å². The molecule has 1 aliphatic heterocycles. The molecule has 2 fully saturated rings. The highest BCUT2D eigenvalue weighted by Crippen LogP contribution is 2.37. The average molecular weight is 271 g/mol. The van der Waals surface area contributed by atoms with Gasteiger partial charge in [0.2, 0.25) is 0 Å². The highest BCUT2D eigenvalue weighted by atomic mass is 15.2. The summed E-state index contributed by atoms with van der Waals surface area (Å²) in [5.74, 6) is 2.48. The van der Waals surface area contributed by atoms with Crippen molar-refractivity contribution in [1.82, 2.24) is 4.90 Å². The van der Waals surface area contributed by atoms with Gasteiger partial charge in [-0.15, -0.1) is 0 Å². The van der Waals surface area contributed by atoms with Crippen LogP contribution in [0.25, 0.3) is 0 Å². The lowest BCUT2D eigenvalue weighted by atomic mass is 9.84. The van der Waals surface area contributed by atoms with E-state index in [0.29, 0.717) is 0 Å². The second kappa shape index (κ2) is 6.30. The van der Waals surface area contributed by atoms with Gasteiger partial charge in [-0.05, 0) is 37.2 Å². The first-order valence-electron chi connectivity index (χ1n) is 8.54. The SMILES string of the molecule is CC1CN(C(C)C2CCCCC2)CC1c1ccccc1. The van der Waals surface area contributed by atoms with Crippen molar-refractivity contribution < 1.29 is 0 Å². The number of rotatable bonds is 3. The van der Waals surface area contributed by atoms with Gasteiger partial charge in [-0.2, -0.15) is 0 Å². The van der Waals surface area contributed by atoms with Gasteiger partial charge in [0.15, 0.2) is 0 Å². The Morgan fingerprint density at radius 3 is 2.40 bits per heavy atom. The Hall–Kier alpha value is -0.820. The molecule has 1 saturated heterocycles. The molecule has 3 unspecified atom stereocenters. The van der Waals surface area contributed by atoms with E-state index in [9.17, 15) is 0 Å². The molecule has 1 heterocycles. The van der Waals surface area contributed by atoms with Gasteiger partial charge < -0.3 is 0 Å². The maximum atomic E-state index is 2.78. The standard InChI is InChI=1S/C19H29N/c1-15-13-20(16(2)17-9-5-3-6-10-17)14-19(15)18-11-7-4-8-12-18/h4,7-8,11-12,15-17,19H,3,5-6,9-10,13-14H2,1-2H3. The maximum absolute atomic E-state index is 2.78. The van der Waals surface area contributed by atoms with E-state index in [4.69, 9.17) is 0 Å². The fourth-order valence-corrected chi connectivity index (χ4v) is 4.39. The molecule has 1 aromatic rings. The third-order valence-corrected chi connectivity index (χ3v) is 5.78. The molecule has 110 valence electrons. The molecule has 1 aliphatic carbocycles. The Morgan fingerprint density at radius 1 is 1.00 bits per heavy atom. The molecule has 3 rings (SSSR count). The van der Waals surface area contributed by atoms with Crippen LogP contribution in [-0.2, 0) is 0 Å². The van der Waals surface area contributed by atoms with Crippen molar-refractivity contribution in [1.29, 1.82) is 0 Å². The number of likely N-dealkylation sites (tertiary alicyclic amines) is 1. The number of benzene rings is 1. The van der Waals surface area contributed by atoms with E-state index in [-0.39, 0.29) is 0 Å². The molecular formula is C19H29N. The summed E-state index contributed by atoms with van der Waals surface area (Å²) < 4.78 is 0. The normalized spacial score (nSPS) is 30.5. The molecular weight excluding hydrogens is 242 g/mol. The Morgan fingerprint density at radius 2 is 1.70 bits per heavy atom. The lowest BCUT2D eigenvalue weighted by Crippen LogP contribution is -2.38. The predicted octanol–water partition coefficient (Wildman–Crippen LogP) is 4.69. The summed E-state index contributed by atoms with van der Waals surface area (Å²) in [7, 11) is 0. The fourth-order valence-electron chi connectivity index (χ4n) is 4.39. The number of hydrogen-bond donors (Lipinski definition) is 0. The quantitative estimate of drug-likeness (QED) is 0.771. The Kier molecular flexibility index (Phi) is 4.45. The van der Waals surface area contributed by atoms with Gasteiger partial charge in [0.05, 0.1) is 0 Å². The first kappa shape index (κ1) is 14.1. The summed E-state index contributed by atoms with van der Waals surface area (Å²) in [6, 6.07) is 11.9. The van der Waals surface area contributed by atoms with Crippen LogP contribution in [0.3, 0.4) is 0 Å². The van der Waals surface area contributed by atoms with Gasteiger partial charge in [-0.25, -0.2) is 0 Å². The van der Waals surface area contributed by atoms with E-state index in [2.05, 4.69) is 49.1 Å². The van der Waals surface area contributed by atoms with Crippen molar-refractivity contribution in [3.05, 3.63) is 35.9 Å². The minimum atomic E-state index is 0.738. The van der Waals surface area contributed by atoms with E-state index < -0.39 is 0 Å². The van der Waals surface area contributed by atoms with Crippen LogP contribution in [0.15, 0.2) is 30.3 Å². The smallest absolute Gasteiger partial charge is 0.00955 e. The molecule has 0 N–H and O–H groups in total. The minimum Gasteiger partial charge on any atom is -0.299 e. The summed E-state index contributed by atoms with van der Waals surface area (Å²) in [6.45, 7) is 7.47. The molecule has 0 spiro atoms. The molecule has 3 atom stereocenters. The van der Waals surface area contributed by atoms with Crippen molar-refractivity contribution >= 4 is 0 Å². The molecule has 0 radical (unpaired) electrons. The monoisotopic (exact) mass is 271 g/mol. The van der Waals surface area contributed by atoms with E-state index in [0.717, 1.165) is 23.8 Å². The second-order valence-electron chi connectivity index (χ2n) is 7.09. The van der Waals surface area contributed by atoms with E-state index in [1.165, 1.54) is 45.2 Å². The van der Waals surface area contributed by atoms with Crippen LogP contribution in [0.5, 0.6) is 0 Å². The summed E-state index contributed by atoms with van der Waals surface area (Å²) >= 11 is 0. The maximum Gasteiger partial charge on any atom is 0.00955 e. The van der Waals surface area contributed by atoms with Crippen LogP contribution < -0.4 is 0 Å². The first-order valence-corrected chi connectivity index (χ1v) is 8.54. The molecule has 0 amide bonds. The largest absolute Gasteiger partial charge is 0.299 e. The average Bonchev–Trinajstić information content (AvgIpc) is 2.90. The molecule has 1 heteroatoms. The molecule has 0 aromatic heterocycles. The summed E-state index contributed by atoms with van der Waals surface area (Å²) in [5.41, 5.74) is 1.54. The van der Waals surface area contributed by atoms with Crippen LogP contribution in [0.4, 0.5) is 0 Å². The van der Waals surface area contributed by atoms with Crippen molar-refractivity contribution in [2.24, 2.45) is 11.8 Å². The van der Waals surface area contributed by atoms with Crippen LogP contribution in [0.2, 0.25) is 0 Å². The molecule has 20 heavy (non-hydrogen) atoms. The first-order chi connectivity index (χ1) is 9.75. The van der Waals surface area contributed by atoms with Crippen LogP contribution in [-0.4, -0.2) is 24.0 Å². The summed E-state index contributed by atoms with van der Waals surface area (Å²) in [5, 5.41) is 0. The zero-order valence-electron chi connectivity index (χ0n) is 13.1. The third-order valence-electron chi connectivity index (χ3n) is 5.78. The van der Waals surface area contributed by atoms with E-state index in [1.54, 1.807) is 5.56 Å². The zero-order chi connectivity index (χ0) is 13.9. The Balaban J connectivity index is 1.65. The van der Waals surface area contributed by atoms with Crippen molar-refractivity contribution in [3.63, 3.8) is 0 Å². The van der Waals surface area contributed by atoms with Crippen LogP contribution in [0, 0.1) is 11.8 Å². The highest BCUT2D eigenvalue weighted by molar-refractivity contribution is 5.22. The van der Waals surface area contributed by atoms with Gasteiger partial charge in [0.25, 0.3) is 0 Å². The Bertz CT molecular complexity index is 407. The zero-order valence-corrected chi connectivity index (χ0v) is 13.1. The van der Waals surface area contributed by atoms with Gasteiger partial charge in [0.1, 0.15) is 0 Å². The lowest BCUT2D eigenvalue weighted by Gasteiger charge is -2.34. The highest BCUT2D eigenvalue weighted by Gasteiger charge is 2.35. The molecule has 0 bridgehead atoms. The number of hydrogen-bond acceptors (Lipinski definition) is 1. The van der Waals surface area contributed by atoms with E-state index >= 15 is 0 Å². The minimum absolute atomic E-state index is 0.738. The molecule has 1 saturated carbocycles. The summed E-state index contributed by atoms with van der Waals surface area (Å²) in [6.07, 6.45) is 7.30. The van der Waals surface area contributed by atoms with Gasteiger partial charge in [0, 0.05) is 25.0 Å². The van der Waals surface area contributed by atoms with E-state index in [1.807, 2.05) is 0 Å². The number of nitrogens with zero attached hydrogens (tertiary/aromatic N) is 1. The van der Waals surface area contributed by atoms with Gasteiger partial charge in [-0.3, -0.25) is 4.90 Å². The lowest BCUT2D eigenvalue weighted by molar-refractivity contribution is 0.152. The van der Waals surface area contributed by atoms with Crippen molar-refractivity contribution in [2.75, 3.05) is 13.1 Å². The molecule has 1 nitrogen and oxygen atoms in total. The van der Waals surface area contributed by atoms with Gasteiger partial charge in [-0.1, -0.05) is 56.5 Å².